The highest BCUT2D eigenvalue weighted by atomic mass is 16.6. The smallest absolute Gasteiger partial charge is 0.305 e. The summed E-state index contributed by atoms with van der Waals surface area (Å²) in [6.07, 6.45) is -0.113. The Labute approximate surface area is 115 Å². The molecule has 1 aromatic carbocycles. The molecule has 0 spiro atoms. The van der Waals surface area contributed by atoms with Gasteiger partial charge in [-0.2, -0.15) is 0 Å². The number of hydrogen-bond acceptors (Lipinski definition) is 5. The van der Waals surface area contributed by atoms with Crippen molar-refractivity contribution < 1.29 is 23.9 Å². The van der Waals surface area contributed by atoms with E-state index in [1.165, 1.54) is 7.11 Å². The molecule has 0 N–H and O–H groups in total. The lowest BCUT2D eigenvalue weighted by atomic mass is 10.1. The molecule has 2 amide bonds. The van der Waals surface area contributed by atoms with E-state index in [0.29, 0.717) is 11.1 Å². The largest absolute Gasteiger partial charge is 0.469 e. The third-order valence-corrected chi connectivity index (χ3v) is 3.05. The highest BCUT2D eigenvalue weighted by Gasteiger charge is 2.35. The molecule has 0 saturated heterocycles. The molecule has 0 aliphatic carbocycles. The molecule has 0 saturated carbocycles. The zero-order valence-electron chi connectivity index (χ0n) is 10.9. The first kappa shape index (κ1) is 13.9. The minimum absolute atomic E-state index is 0.0555. The summed E-state index contributed by atoms with van der Waals surface area (Å²) < 4.78 is 4.42. The fraction of sp³-hybridized carbons (Fsp3) is 0.286. The number of carbonyl (C=O) groups excluding carboxylic acids is 4. The Morgan fingerprint density at radius 3 is 2.10 bits per heavy atom. The van der Waals surface area contributed by atoms with E-state index in [0.717, 1.165) is 4.90 Å². The van der Waals surface area contributed by atoms with Gasteiger partial charge in [0.25, 0.3) is 11.8 Å². The summed E-state index contributed by atoms with van der Waals surface area (Å²) in [5, 5.41) is 0. The summed E-state index contributed by atoms with van der Waals surface area (Å²) in [4.78, 5) is 47.5. The zero-order chi connectivity index (χ0) is 14.7. The van der Waals surface area contributed by atoms with Crippen LogP contribution in [0.15, 0.2) is 24.3 Å². The van der Waals surface area contributed by atoms with Crippen LogP contribution in [-0.2, 0) is 14.3 Å². The predicted molar refractivity (Wildman–Crippen MR) is 68.1 cm³/mol. The molecule has 0 aromatic heterocycles. The Morgan fingerprint density at radius 2 is 1.60 bits per heavy atom. The Morgan fingerprint density at radius 1 is 1.05 bits per heavy atom. The molecule has 1 heterocycles. The van der Waals surface area contributed by atoms with Crippen LogP contribution in [-0.4, -0.2) is 42.1 Å². The molecule has 6 heteroatoms. The summed E-state index contributed by atoms with van der Waals surface area (Å²) in [6, 6.07) is 6.42. The normalized spacial score (nSPS) is 13.3. The second kappa shape index (κ2) is 5.64. The highest BCUT2D eigenvalue weighted by Crippen LogP contribution is 2.22. The van der Waals surface area contributed by atoms with Crippen molar-refractivity contribution in [1.82, 2.24) is 4.90 Å². The third kappa shape index (κ3) is 2.59. The van der Waals surface area contributed by atoms with Gasteiger partial charge in [-0.3, -0.25) is 24.1 Å². The molecule has 0 bridgehead atoms. The van der Waals surface area contributed by atoms with Gasteiger partial charge < -0.3 is 4.74 Å². The predicted octanol–water partition coefficient (Wildman–Crippen LogP) is 0.805. The van der Waals surface area contributed by atoms with E-state index in [4.69, 9.17) is 0 Å². The quantitative estimate of drug-likeness (QED) is 0.452. The molecule has 1 aliphatic rings. The molecule has 0 atom stereocenters. The van der Waals surface area contributed by atoms with Crippen LogP contribution in [0, 0.1) is 0 Å². The van der Waals surface area contributed by atoms with Crippen molar-refractivity contribution in [2.24, 2.45) is 0 Å². The molecule has 1 aromatic rings. The van der Waals surface area contributed by atoms with E-state index in [-0.39, 0.29) is 25.2 Å². The minimum atomic E-state index is -0.499. The van der Waals surface area contributed by atoms with E-state index in [1.54, 1.807) is 24.3 Å². The second-order valence-electron chi connectivity index (χ2n) is 4.36. The van der Waals surface area contributed by atoms with Crippen LogP contribution in [0.4, 0.5) is 0 Å². The number of Topliss-reactive ketones (excluding diaryl/α,β-unsaturated/α-hetero) is 1. The molecular weight excluding hydrogens is 264 g/mol. The SMILES string of the molecule is CO[13C](=O)CCC(=O)[13CH2]N1C(=O)c2ccccc2C1=O. The van der Waals surface area contributed by atoms with Gasteiger partial charge in [0.15, 0.2) is 5.78 Å². The molecule has 6 nitrogen and oxygen atoms in total. The number of rotatable bonds is 5. The van der Waals surface area contributed by atoms with Crippen LogP contribution in [0.25, 0.3) is 0 Å². The average Bonchev–Trinajstić information content (AvgIpc) is 2.70. The number of ketones is 1. The topological polar surface area (TPSA) is 80.8 Å². The van der Waals surface area contributed by atoms with Crippen LogP contribution in [0.1, 0.15) is 33.6 Å². The average molecular weight is 277 g/mol. The lowest BCUT2D eigenvalue weighted by Gasteiger charge is -2.12. The van der Waals surface area contributed by atoms with Crippen LogP contribution in [0.2, 0.25) is 0 Å². The zero-order valence-corrected chi connectivity index (χ0v) is 10.9. The fourth-order valence-electron chi connectivity index (χ4n) is 1.98. The lowest BCUT2D eigenvalue weighted by Crippen LogP contribution is -2.35. The van der Waals surface area contributed by atoms with Crippen molar-refractivity contribution in [1.29, 1.82) is 0 Å². The van der Waals surface area contributed by atoms with Gasteiger partial charge in [-0.25, -0.2) is 0 Å². The standard InChI is InChI=1S/C14H13NO5/c1-20-12(17)7-6-9(16)8-15-13(18)10-4-2-3-5-11(10)14(15)19/h2-5H,6-8H2,1H3/i8+1,12+1. The summed E-state index contributed by atoms with van der Waals surface area (Å²) in [6.45, 7) is -0.316. The van der Waals surface area contributed by atoms with Crippen molar-refractivity contribution in [3.63, 3.8) is 0 Å². The van der Waals surface area contributed by atoms with Gasteiger partial charge in [-0.05, 0) is 12.1 Å². The number of benzene rings is 1. The van der Waals surface area contributed by atoms with Gasteiger partial charge in [0.1, 0.15) is 0 Å². The molecule has 0 radical (unpaired) electrons. The van der Waals surface area contributed by atoms with Crippen molar-refractivity contribution in [3.8, 4) is 0 Å². The Kier molecular flexibility index (Phi) is 3.93. The number of carbonyl (C=O) groups is 4. The fourth-order valence-corrected chi connectivity index (χ4v) is 1.98. The molecule has 104 valence electrons. The maximum Gasteiger partial charge on any atom is 0.305 e. The summed E-state index contributed by atoms with van der Waals surface area (Å²) in [7, 11) is 1.23. The molecule has 20 heavy (non-hydrogen) atoms. The van der Waals surface area contributed by atoms with Crippen molar-refractivity contribution >= 4 is 23.6 Å². The number of methoxy groups -OCH3 is 1. The first-order chi connectivity index (χ1) is 9.54. The van der Waals surface area contributed by atoms with Gasteiger partial charge in [-0.1, -0.05) is 12.1 Å². The number of esters is 1. The number of ether oxygens (including phenoxy) is 1. The molecule has 0 unspecified atom stereocenters. The monoisotopic (exact) mass is 277 g/mol. The minimum Gasteiger partial charge on any atom is -0.469 e. The first-order valence-corrected chi connectivity index (χ1v) is 6.08. The summed E-state index contributed by atoms with van der Waals surface area (Å²) in [5.41, 5.74) is 0.608. The molecular formula is C14H13NO5. The van der Waals surface area contributed by atoms with Crippen LogP contribution in [0.3, 0.4) is 0 Å². The molecule has 1 aliphatic heterocycles. The summed E-state index contributed by atoms with van der Waals surface area (Å²) >= 11 is 0. The number of fused-ring (bicyclic) bond motifs is 1. The van der Waals surface area contributed by atoms with Crippen molar-refractivity contribution in [3.05, 3.63) is 35.4 Å². The second-order valence-corrected chi connectivity index (χ2v) is 4.36. The van der Waals surface area contributed by atoms with E-state index >= 15 is 0 Å². The highest BCUT2D eigenvalue weighted by molar-refractivity contribution is 6.22. The van der Waals surface area contributed by atoms with Gasteiger partial charge in [0.2, 0.25) is 0 Å². The van der Waals surface area contributed by atoms with Crippen LogP contribution >= 0.6 is 0 Å². The van der Waals surface area contributed by atoms with Gasteiger partial charge >= 0.3 is 5.97 Å². The van der Waals surface area contributed by atoms with Crippen molar-refractivity contribution in [2.45, 2.75) is 12.8 Å². The summed E-state index contributed by atoms with van der Waals surface area (Å²) in [5.74, 6) is -1.81. The number of nitrogens with zero attached hydrogens (tertiary/aromatic N) is 1. The van der Waals surface area contributed by atoms with Crippen LogP contribution < -0.4 is 0 Å². The van der Waals surface area contributed by atoms with Gasteiger partial charge in [0.05, 0.1) is 31.2 Å². The van der Waals surface area contributed by atoms with E-state index in [9.17, 15) is 19.2 Å². The molecule has 2 rings (SSSR count). The van der Waals surface area contributed by atoms with Crippen molar-refractivity contribution in [2.75, 3.05) is 13.7 Å². The number of hydrogen-bond donors (Lipinski definition) is 0. The Bertz CT molecular complexity index is 558. The lowest BCUT2D eigenvalue weighted by molar-refractivity contribution is -0.141. The number of amides is 2. The van der Waals surface area contributed by atoms with Crippen LogP contribution in [0.5, 0.6) is 0 Å². The molecule has 0 fully saturated rings. The Hall–Kier alpha value is -2.50. The van der Waals surface area contributed by atoms with E-state index in [2.05, 4.69) is 4.74 Å². The third-order valence-electron chi connectivity index (χ3n) is 3.05. The Balaban J connectivity index is 2.02. The first-order valence-electron chi connectivity index (χ1n) is 6.08. The van der Waals surface area contributed by atoms with Gasteiger partial charge in [-0.15, -0.1) is 0 Å². The number of imide groups is 1. The maximum atomic E-state index is 12.0. The van der Waals surface area contributed by atoms with E-state index in [1.807, 2.05) is 0 Å². The maximum absolute atomic E-state index is 12.0. The van der Waals surface area contributed by atoms with Gasteiger partial charge in [0, 0.05) is 6.42 Å². The van der Waals surface area contributed by atoms with E-state index < -0.39 is 17.8 Å².